The Morgan fingerprint density at radius 3 is 1.64 bits per heavy atom. The van der Waals surface area contributed by atoms with E-state index in [9.17, 15) is 0 Å². The minimum atomic E-state index is 0. The van der Waals surface area contributed by atoms with Gasteiger partial charge in [0.05, 0.1) is 0 Å². The number of nitrogen functional groups attached to an aromatic ring is 1. The van der Waals surface area contributed by atoms with Gasteiger partial charge in [-0.1, -0.05) is 0 Å². The Morgan fingerprint density at radius 1 is 1.09 bits per heavy atom. The molecule has 0 fully saturated rings. The molecular formula is C4H5N3Na2O2-2. The molecule has 0 atom stereocenters. The molecular weight excluding hydrogens is 168 g/mol. The van der Waals surface area contributed by atoms with Crippen LogP contribution >= 0.6 is 0 Å². The number of nitrogens with zero attached hydrogens (tertiary/aromatic N) is 2. The van der Waals surface area contributed by atoms with Crippen molar-refractivity contribution < 1.29 is 70.1 Å². The van der Waals surface area contributed by atoms with Crippen molar-refractivity contribution in [3.8, 4) is 0 Å². The number of rotatable bonds is 0. The van der Waals surface area contributed by atoms with Gasteiger partial charge in [0.1, 0.15) is 0 Å². The van der Waals surface area contributed by atoms with E-state index in [0.29, 0.717) is 0 Å². The maximum atomic E-state index is 5.07. The molecule has 4 N–H and O–H groups in total. The van der Waals surface area contributed by atoms with Crippen LogP contribution in [0.4, 0.5) is 5.95 Å². The van der Waals surface area contributed by atoms with Crippen LogP contribution in [0.2, 0.25) is 0 Å². The van der Waals surface area contributed by atoms with Crippen LogP contribution in [0.5, 0.6) is 0 Å². The Morgan fingerprint density at radius 2 is 1.45 bits per heavy atom. The maximum Gasteiger partial charge on any atom is 1.00 e. The summed E-state index contributed by atoms with van der Waals surface area (Å²) in [7, 11) is 0. The van der Waals surface area contributed by atoms with Gasteiger partial charge >= 0.3 is 59.1 Å². The molecule has 0 spiro atoms. The van der Waals surface area contributed by atoms with Crippen molar-refractivity contribution in [2.75, 3.05) is 5.73 Å². The van der Waals surface area contributed by atoms with Crippen LogP contribution in [0.3, 0.4) is 0 Å². The fraction of sp³-hybridized carbons (Fsp3) is 0. The zero-order valence-electron chi connectivity index (χ0n) is 6.44. The second-order valence-electron chi connectivity index (χ2n) is 0.984. The molecule has 1 heterocycles. The molecule has 0 aliphatic carbocycles. The average molecular weight is 173 g/mol. The summed E-state index contributed by atoms with van der Waals surface area (Å²) >= 11 is 0. The molecule has 7 heteroatoms. The summed E-state index contributed by atoms with van der Waals surface area (Å²) < 4.78 is 0. The zero-order valence-corrected chi connectivity index (χ0v) is 10.4. The molecule has 0 aliphatic rings. The number of anilines is 1. The van der Waals surface area contributed by atoms with Crippen molar-refractivity contribution in [3.05, 3.63) is 18.5 Å². The molecule has 0 unspecified atom stereocenters. The van der Waals surface area contributed by atoms with Gasteiger partial charge in [0, 0.05) is 0 Å². The summed E-state index contributed by atoms with van der Waals surface area (Å²) in [5.74, 6) is 0.211. The van der Waals surface area contributed by atoms with Gasteiger partial charge in [-0.2, -0.15) is 0 Å². The molecule has 0 radical (unpaired) electrons. The van der Waals surface area contributed by atoms with Gasteiger partial charge in [-0.25, -0.2) is 0 Å². The molecule has 0 aromatic carbocycles. The van der Waals surface area contributed by atoms with E-state index in [1.54, 1.807) is 0 Å². The van der Waals surface area contributed by atoms with Crippen molar-refractivity contribution in [1.82, 2.24) is 9.97 Å². The average Bonchev–Trinajstić information content (AvgIpc) is 1.69. The van der Waals surface area contributed by atoms with Crippen LogP contribution in [-0.2, 0) is 0 Å². The minimum Gasteiger partial charge on any atom is -0.870 e. The van der Waals surface area contributed by atoms with E-state index >= 15 is 0 Å². The van der Waals surface area contributed by atoms with Crippen LogP contribution in [0.25, 0.3) is 0 Å². The first kappa shape index (κ1) is 22.6. The Kier molecular flexibility index (Phi) is 27.5. The largest absolute Gasteiger partial charge is 1.00 e. The smallest absolute Gasteiger partial charge is 0.870 e. The molecule has 1 rings (SSSR count). The van der Waals surface area contributed by atoms with E-state index in [1.165, 1.54) is 6.07 Å². The summed E-state index contributed by atoms with van der Waals surface area (Å²) in [5.41, 5.74) is 5.07. The first-order chi connectivity index (χ1) is 3.39. The van der Waals surface area contributed by atoms with Gasteiger partial charge < -0.3 is 26.7 Å². The fourth-order valence-electron chi connectivity index (χ4n) is 0.251. The van der Waals surface area contributed by atoms with Gasteiger partial charge in [-0.3, -0.25) is 18.5 Å². The third kappa shape index (κ3) is 10.8. The van der Waals surface area contributed by atoms with E-state index in [2.05, 4.69) is 22.4 Å². The molecule has 0 saturated heterocycles. The summed E-state index contributed by atoms with van der Waals surface area (Å²) in [6, 6.07) is 1.47. The van der Waals surface area contributed by atoms with Crippen molar-refractivity contribution in [3.63, 3.8) is 0 Å². The van der Waals surface area contributed by atoms with E-state index in [-0.39, 0.29) is 76.0 Å². The van der Waals surface area contributed by atoms with Crippen molar-refractivity contribution in [2.45, 2.75) is 0 Å². The molecule has 0 aliphatic heterocycles. The monoisotopic (exact) mass is 173 g/mol. The van der Waals surface area contributed by atoms with Gasteiger partial charge in [0.15, 0.2) is 0 Å². The molecule has 11 heavy (non-hydrogen) atoms. The van der Waals surface area contributed by atoms with Crippen LogP contribution in [0.15, 0.2) is 6.07 Å². The first-order valence-electron chi connectivity index (χ1n) is 1.76. The Hall–Kier alpha value is 0.800. The number of hydrogen-bond donors (Lipinski definition) is 1. The second kappa shape index (κ2) is 13.4. The minimum absolute atomic E-state index is 0. The van der Waals surface area contributed by atoms with E-state index in [1.807, 2.05) is 0 Å². The molecule has 0 bridgehead atoms. The summed E-state index contributed by atoms with van der Waals surface area (Å²) in [6.07, 6.45) is 4.94. The van der Waals surface area contributed by atoms with E-state index in [0.717, 1.165) is 0 Å². The van der Waals surface area contributed by atoms with Crippen molar-refractivity contribution >= 4 is 5.95 Å². The van der Waals surface area contributed by atoms with Crippen LogP contribution in [-0.4, -0.2) is 20.9 Å². The molecule has 0 amide bonds. The molecule has 1 aromatic heterocycles. The van der Waals surface area contributed by atoms with E-state index < -0.39 is 0 Å². The van der Waals surface area contributed by atoms with Crippen molar-refractivity contribution in [2.24, 2.45) is 0 Å². The summed E-state index contributed by atoms with van der Waals surface area (Å²) in [6.45, 7) is 0. The third-order valence-corrected chi connectivity index (χ3v) is 0.487. The van der Waals surface area contributed by atoms with Gasteiger partial charge in [0.25, 0.3) is 0 Å². The molecule has 52 valence electrons. The topological polar surface area (TPSA) is 112 Å². The van der Waals surface area contributed by atoms with Crippen LogP contribution in [0, 0.1) is 12.4 Å². The first-order valence-corrected chi connectivity index (χ1v) is 1.76. The van der Waals surface area contributed by atoms with Gasteiger partial charge in [-0.15, -0.1) is 0 Å². The fourth-order valence-corrected chi connectivity index (χ4v) is 0.251. The SMILES string of the molecule is Nc1n[c-]c[c-]n1.[Na+].[Na+].[OH-].[OH-]. The van der Waals surface area contributed by atoms with Crippen LogP contribution in [0.1, 0.15) is 0 Å². The van der Waals surface area contributed by atoms with Gasteiger partial charge in [0.2, 0.25) is 0 Å². The summed E-state index contributed by atoms with van der Waals surface area (Å²) in [5, 5.41) is 0. The Labute approximate surface area is 109 Å². The normalized spacial score (nSPS) is 5.45. The Balaban J connectivity index is -0.0000000612. The van der Waals surface area contributed by atoms with Crippen molar-refractivity contribution in [1.29, 1.82) is 0 Å². The van der Waals surface area contributed by atoms with Gasteiger partial charge in [-0.05, 0) is 5.95 Å². The Bertz CT molecular complexity index is 151. The quantitative estimate of drug-likeness (QED) is 0.309. The number of nitrogens with two attached hydrogens (primary N) is 1. The second-order valence-corrected chi connectivity index (χ2v) is 0.984. The predicted molar refractivity (Wildman–Crippen MR) is 28.0 cm³/mol. The summed E-state index contributed by atoms with van der Waals surface area (Å²) in [4.78, 5) is 6.98. The number of aromatic nitrogens is 2. The molecule has 5 nitrogen and oxygen atoms in total. The van der Waals surface area contributed by atoms with Crippen LogP contribution < -0.4 is 64.8 Å². The number of hydrogen-bond acceptors (Lipinski definition) is 5. The standard InChI is InChI=1S/C4H3N3.2Na.2H2O/c5-4-6-2-1-3-7-4;;;;/h1H,(H2,5,6,7);;;2*1H2/q-2;2*+1;;/p-2. The molecule has 1 aromatic rings. The zero-order chi connectivity index (χ0) is 5.11. The maximum absolute atomic E-state index is 5.07. The molecule has 0 saturated carbocycles. The predicted octanol–water partition coefficient (Wildman–Crippen LogP) is -6.69. The third-order valence-electron chi connectivity index (χ3n) is 0.487. The van der Waals surface area contributed by atoms with E-state index in [4.69, 9.17) is 5.73 Å².